The molecule has 0 atom stereocenters. The summed E-state index contributed by atoms with van der Waals surface area (Å²) in [5.74, 6) is -0.0174. The third-order valence-corrected chi connectivity index (χ3v) is 2.21. The Balaban J connectivity index is 4.00. The molecule has 1 N–H and O–H groups in total. The first-order valence-electron chi connectivity index (χ1n) is 5.22. The van der Waals surface area contributed by atoms with E-state index in [0.29, 0.717) is 13.1 Å². The van der Waals surface area contributed by atoms with Crippen molar-refractivity contribution in [2.45, 2.75) is 13.8 Å². The predicted molar refractivity (Wildman–Crippen MR) is 59.5 cm³/mol. The van der Waals surface area contributed by atoms with Crippen molar-refractivity contribution in [3.05, 3.63) is 0 Å². The highest BCUT2D eigenvalue weighted by atomic mass is 16.2. The molecule has 0 unspecified atom stereocenters. The van der Waals surface area contributed by atoms with Crippen molar-refractivity contribution >= 4 is 11.8 Å². The summed E-state index contributed by atoms with van der Waals surface area (Å²) in [5.41, 5.74) is 0. The fourth-order valence-electron chi connectivity index (χ4n) is 1.29. The molecule has 0 aliphatic rings. The molecule has 0 aliphatic heterocycles. The smallest absolute Gasteiger partial charge is 0.236 e. The Bertz CT molecular complexity index is 215. The third-order valence-electron chi connectivity index (χ3n) is 2.21. The normalized spacial score (nSPS) is 10.2. The van der Waals surface area contributed by atoms with Crippen molar-refractivity contribution in [3.63, 3.8) is 0 Å². The largest absolute Gasteiger partial charge is 0.358 e. The second-order valence-corrected chi connectivity index (χ2v) is 3.41. The number of likely N-dealkylation sites (N-methyl/N-ethyl adjacent to an activating group) is 3. The van der Waals surface area contributed by atoms with Crippen LogP contribution in [0.1, 0.15) is 13.8 Å². The van der Waals surface area contributed by atoms with Gasteiger partial charge in [-0.1, -0.05) is 0 Å². The highest BCUT2D eigenvalue weighted by Crippen LogP contribution is 1.91. The van der Waals surface area contributed by atoms with Crippen LogP contribution >= 0.6 is 0 Å². The Labute approximate surface area is 91.4 Å². The fourth-order valence-corrected chi connectivity index (χ4v) is 1.29. The van der Waals surface area contributed by atoms with Crippen molar-refractivity contribution in [2.24, 2.45) is 0 Å². The van der Waals surface area contributed by atoms with Crippen LogP contribution in [0.3, 0.4) is 0 Å². The summed E-state index contributed by atoms with van der Waals surface area (Å²) in [7, 11) is 3.35. The fraction of sp³-hybridized carbons (Fsp3) is 0.800. The molecule has 0 saturated heterocycles. The lowest BCUT2D eigenvalue weighted by atomic mass is 10.4. The van der Waals surface area contributed by atoms with Crippen molar-refractivity contribution in [1.29, 1.82) is 0 Å². The average molecular weight is 215 g/mol. The zero-order valence-electron chi connectivity index (χ0n) is 10.0. The molecule has 0 aromatic heterocycles. The summed E-state index contributed by atoms with van der Waals surface area (Å²) in [6.07, 6.45) is 0. The molecule has 5 heteroatoms. The van der Waals surface area contributed by atoms with Crippen LogP contribution in [0.15, 0.2) is 0 Å². The van der Waals surface area contributed by atoms with Gasteiger partial charge in [0.25, 0.3) is 0 Å². The molecule has 0 rings (SSSR count). The molecule has 0 saturated carbocycles. The van der Waals surface area contributed by atoms with Crippen molar-refractivity contribution in [3.8, 4) is 0 Å². The summed E-state index contributed by atoms with van der Waals surface area (Å²) in [6.45, 7) is 5.85. The molecule has 2 amide bonds. The first kappa shape index (κ1) is 13.9. The molecule has 88 valence electrons. The number of amides is 2. The van der Waals surface area contributed by atoms with Crippen LogP contribution in [0.25, 0.3) is 0 Å². The number of carbonyl (C=O) groups excluding carboxylic acids is 2. The second kappa shape index (κ2) is 7.23. The number of rotatable bonds is 6. The Hall–Kier alpha value is -1.10. The van der Waals surface area contributed by atoms with Crippen molar-refractivity contribution in [2.75, 3.05) is 40.3 Å². The first-order valence-corrected chi connectivity index (χ1v) is 5.22. The van der Waals surface area contributed by atoms with E-state index < -0.39 is 0 Å². The lowest BCUT2D eigenvalue weighted by Crippen LogP contribution is -2.42. The lowest BCUT2D eigenvalue weighted by molar-refractivity contribution is -0.132. The van der Waals surface area contributed by atoms with Crippen LogP contribution in [0.2, 0.25) is 0 Å². The molecule has 0 aromatic carbocycles. The maximum atomic E-state index is 11.6. The summed E-state index contributed by atoms with van der Waals surface area (Å²) in [4.78, 5) is 26.1. The monoisotopic (exact) mass is 215 g/mol. The number of hydrogen-bond donors (Lipinski definition) is 1. The quantitative estimate of drug-likeness (QED) is 0.652. The molecule has 0 spiro atoms. The molecule has 0 fully saturated rings. The SMILES string of the molecule is CCN(CC)C(=O)CN(C)CC(=O)NC. The van der Waals surface area contributed by atoms with Gasteiger partial charge in [0.2, 0.25) is 11.8 Å². The van der Waals surface area contributed by atoms with E-state index in [9.17, 15) is 9.59 Å². The molecule has 0 bridgehead atoms. The summed E-state index contributed by atoms with van der Waals surface area (Å²) >= 11 is 0. The Morgan fingerprint density at radius 2 is 1.67 bits per heavy atom. The van der Waals surface area contributed by atoms with Gasteiger partial charge in [-0.15, -0.1) is 0 Å². The molecular weight excluding hydrogens is 194 g/mol. The van der Waals surface area contributed by atoms with Gasteiger partial charge in [-0.2, -0.15) is 0 Å². The molecule has 5 nitrogen and oxygen atoms in total. The molecule has 0 heterocycles. The minimum Gasteiger partial charge on any atom is -0.358 e. The molecule has 0 radical (unpaired) electrons. The van der Waals surface area contributed by atoms with E-state index in [2.05, 4.69) is 5.32 Å². The minimum absolute atomic E-state index is 0.0615. The highest BCUT2D eigenvalue weighted by molar-refractivity contribution is 5.80. The van der Waals surface area contributed by atoms with Crippen LogP contribution in [0.4, 0.5) is 0 Å². The minimum atomic E-state index is -0.0788. The van der Waals surface area contributed by atoms with Crippen LogP contribution < -0.4 is 5.32 Å². The predicted octanol–water partition coefficient (Wildman–Crippen LogP) is -0.467. The van der Waals surface area contributed by atoms with Gasteiger partial charge < -0.3 is 10.2 Å². The standard InChI is InChI=1S/C10H21N3O2/c1-5-13(6-2)10(15)8-12(4)7-9(14)11-3/h5-8H2,1-4H3,(H,11,14). The maximum Gasteiger partial charge on any atom is 0.236 e. The van der Waals surface area contributed by atoms with Crippen LogP contribution in [-0.2, 0) is 9.59 Å². The van der Waals surface area contributed by atoms with Crippen LogP contribution in [-0.4, -0.2) is 61.9 Å². The zero-order valence-corrected chi connectivity index (χ0v) is 10.0. The summed E-state index contributed by atoms with van der Waals surface area (Å²) in [5, 5.41) is 2.52. The van der Waals surface area contributed by atoms with Gasteiger partial charge in [0.05, 0.1) is 13.1 Å². The average Bonchev–Trinajstić information content (AvgIpc) is 2.19. The van der Waals surface area contributed by atoms with E-state index in [-0.39, 0.29) is 24.9 Å². The number of hydrogen-bond acceptors (Lipinski definition) is 3. The topological polar surface area (TPSA) is 52.7 Å². The van der Waals surface area contributed by atoms with E-state index >= 15 is 0 Å². The maximum absolute atomic E-state index is 11.6. The lowest BCUT2D eigenvalue weighted by Gasteiger charge is -2.22. The van der Waals surface area contributed by atoms with E-state index in [0.717, 1.165) is 0 Å². The van der Waals surface area contributed by atoms with E-state index in [1.165, 1.54) is 0 Å². The highest BCUT2D eigenvalue weighted by Gasteiger charge is 2.13. The van der Waals surface area contributed by atoms with Gasteiger partial charge in [-0.05, 0) is 20.9 Å². The third kappa shape index (κ3) is 5.37. The number of carbonyl (C=O) groups is 2. The van der Waals surface area contributed by atoms with Gasteiger partial charge in [0.1, 0.15) is 0 Å². The second-order valence-electron chi connectivity index (χ2n) is 3.41. The van der Waals surface area contributed by atoms with E-state index in [1.54, 1.807) is 23.9 Å². The van der Waals surface area contributed by atoms with Gasteiger partial charge in [0.15, 0.2) is 0 Å². The van der Waals surface area contributed by atoms with E-state index in [4.69, 9.17) is 0 Å². The van der Waals surface area contributed by atoms with Crippen molar-refractivity contribution < 1.29 is 9.59 Å². The van der Waals surface area contributed by atoms with Gasteiger partial charge in [-0.3, -0.25) is 14.5 Å². The Morgan fingerprint density at radius 3 is 2.07 bits per heavy atom. The van der Waals surface area contributed by atoms with Crippen LogP contribution in [0, 0.1) is 0 Å². The molecule has 15 heavy (non-hydrogen) atoms. The Morgan fingerprint density at radius 1 is 1.13 bits per heavy atom. The summed E-state index contributed by atoms with van der Waals surface area (Å²) in [6, 6.07) is 0. The summed E-state index contributed by atoms with van der Waals surface area (Å²) < 4.78 is 0. The van der Waals surface area contributed by atoms with Gasteiger partial charge in [-0.25, -0.2) is 0 Å². The number of nitrogens with one attached hydrogen (secondary N) is 1. The molecule has 0 aliphatic carbocycles. The van der Waals surface area contributed by atoms with Crippen molar-refractivity contribution in [1.82, 2.24) is 15.1 Å². The first-order chi connectivity index (χ1) is 7.04. The van der Waals surface area contributed by atoms with Gasteiger partial charge >= 0.3 is 0 Å². The number of nitrogens with zero attached hydrogens (tertiary/aromatic N) is 2. The van der Waals surface area contributed by atoms with E-state index in [1.807, 2.05) is 13.8 Å². The molecule has 0 aromatic rings. The Kier molecular flexibility index (Phi) is 6.70. The zero-order chi connectivity index (χ0) is 11.8. The van der Waals surface area contributed by atoms with Gasteiger partial charge in [0, 0.05) is 20.1 Å². The van der Waals surface area contributed by atoms with Crippen LogP contribution in [0.5, 0.6) is 0 Å². The molecular formula is C10H21N3O2.